The third-order valence-corrected chi connectivity index (χ3v) is 4.66. The van der Waals surface area contributed by atoms with Gasteiger partial charge in [0.2, 0.25) is 5.91 Å². The van der Waals surface area contributed by atoms with E-state index < -0.39 is 11.6 Å². The van der Waals surface area contributed by atoms with Crippen LogP contribution >= 0.6 is 0 Å². The molecule has 2 aliphatic heterocycles. The summed E-state index contributed by atoms with van der Waals surface area (Å²) in [7, 11) is 0. The lowest BCUT2D eigenvalue weighted by molar-refractivity contribution is -0.157. The minimum atomic E-state index is -0.551. The van der Waals surface area contributed by atoms with Gasteiger partial charge in [0.15, 0.2) is 6.61 Å². The molecule has 7 heteroatoms. The van der Waals surface area contributed by atoms with Crippen LogP contribution in [0.25, 0.3) is 0 Å². The predicted molar refractivity (Wildman–Crippen MR) is 98.4 cm³/mol. The van der Waals surface area contributed by atoms with E-state index in [0.29, 0.717) is 37.4 Å². The maximum absolute atomic E-state index is 12.7. The minimum absolute atomic E-state index is 0.0484. The number of rotatable bonds is 4. The zero-order chi connectivity index (χ0) is 19.6. The number of hydrogen-bond donors (Lipinski definition) is 0. The second kappa shape index (κ2) is 7.58. The zero-order valence-corrected chi connectivity index (χ0v) is 16.1. The van der Waals surface area contributed by atoms with Crippen molar-refractivity contribution in [2.45, 2.75) is 45.3 Å². The first-order valence-electron chi connectivity index (χ1n) is 9.26. The van der Waals surface area contributed by atoms with Crippen molar-refractivity contribution in [3.63, 3.8) is 0 Å². The summed E-state index contributed by atoms with van der Waals surface area (Å²) in [6.45, 7) is 6.96. The highest BCUT2D eigenvalue weighted by Gasteiger charge is 2.37. The number of amides is 2. The quantitative estimate of drug-likeness (QED) is 0.752. The average Bonchev–Trinajstić information content (AvgIpc) is 2.99. The van der Waals surface area contributed by atoms with Crippen molar-refractivity contribution >= 4 is 17.8 Å². The molecule has 0 aliphatic carbocycles. The van der Waals surface area contributed by atoms with Gasteiger partial charge >= 0.3 is 5.97 Å². The van der Waals surface area contributed by atoms with Crippen LogP contribution in [-0.2, 0) is 14.3 Å². The van der Waals surface area contributed by atoms with Crippen LogP contribution in [0, 0.1) is 0 Å². The molecule has 2 fully saturated rings. The zero-order valence-electron chi connectivity index (χ0n) is 16.1. The van der Waals surface area contributed by atoms with Gasteiger partial charge in [-0.2, -0.15) is 0 Å². The van der Waals surface area contributed by atoms with Crippen LogP contribution in [0.5, 0.6) is 5.75 Å². The van der Waals surface area contributed by atoms with E-state index in [-0.39, 0.29) is 24.5 Å². The Bertz CT molecular complexity index is 723. The molecule has 1 aromatic carbocycles. The molecule has 7 nitrogen and oxygen atoms in total. The van der Waals surface area contributed by atoms with E-state index >= 15 is 0 Å². The molecule has 0 saturated carbocycles. The number of carbonyl (C=O) groups excluding carboxylic acids is 3. The Labute approximate surface area is 159 Å². The summed E-state index contributed by atoms with van der Waals surface area (Å²) in [6, 6.07) is 6.88. The van der Waals surface area contributed by atoms with Gasteiger partial charge in [-0.15, -0.1) is 0 Å². The summed E-state index contributed by atoms with van der Waals surface area (Å²) in [6.07, 6.45) is 1.40. The summed E-state index contributed by atoms with van der Waals surface area (Å²) in [5.41, 5.74) is 0.0161. The van der Waals surface area contributed by atoms with Gasteiger partial charge in [-0.3, -0.25) is 9.59 Å². The third kappa shape index (κ3) is 4.78. The second-order valence-electron chi connectivity index (χ2n) is 7.93. The number of fused-ring (bicyclic) bond motifs is 1. The highest BCUT2D eigenvalue weighted by atomic mass is 16.6. The van der Waals surface area contributed by atoms with Crippen LogP contribution in [0.1, 0.15) is 44.0 Å². The number of hydrogen-bond acceptors (Lipinski definition) is 5. The maximum atomic E-state index is 12.7. The third-order valence-electron chi connectivity index (χ3n) is 4.66. The SMILES string of the molecule is CC(C)(C)OC(=O)COc1ccc(C(=O)N2CCN3C(=O)CCC3C2)cc1. The molecule has 0 bridgehead atoms. The fourth-order valence-electron chi connectivity index (χ4n) is 3.44. The highest BCUT2D eigenvalue weighted by molar-refractivity contribution is 5.94. The lowest BCUT2D eigenvalue weighted by Crippen LogP contribution is -2.53. The molecule has 3 rings (SSSR count). The van der Waals surface area contributed by atoms with Gasteiger partial charge in [0, 0.05) is 37.7 Å². The molecule has 0 aromatic heterocycles. The molecule has 2 heterocycles. The number of piperazine rings is 1. The number of benzene rings is 1. The maximum Gasteiger partial charge on any atom is 0.344 e. The van der Waals surface area contributed by atoms with E-state index in [1.165, 1.54) is 0 Å². The van der Waals surface area contributed by atoms with E-state index in [0.717, 1.165) is 6.42 Å². The largest absolute Gasteiger partial charge is 0.482 e. The van der Waals surface area contributed by atoms with Crippen molar-refractivity contribution in [3.05, 3.63) is 29.8 Å². The molecule has 2 aliphatic rings. The molecule has 1 atom stereocenters. The Morgan fingerprint density at radius 2 is 1.85 bits per heavy atom. The molecule has 0 radical (unpaired) electrons. The smallest absolute Gasteiger partial charge is 0.344 e. The van der Waals surface area contributed by atoms with Gasteiger partial charge in [-0.05, 0) is 51.5 Å². The monoisotopic (exact) mass is 374 g/mol. The van der Waals surface area contributed by atoms with E-state index in [1.54, 1.807) is 49.9 Å². The number of esters is 1. The molecular weight excluding hydrogens is 348 g/mol. The minimum Gasteiger partial charge on any atom is -0.482 e. The van der Waals surface area contributed by atoms with E-state index in [1.807, 2.05) is 4.90 Å². The number of nitrogens with zero attached hydrogens (tertiary/aromatic N) is 2. The topological polar surface area (TPSA) is 76.2 Å². The number of carbonyl (C=O) groups is 3. The Kier molecular flexibility index (Phi) is 5.39. The van der Waals surface area contributed by atoms with Gasteiger partial charge in [0.1, 0.15) is 11.4 Å². The molecule has 2 saturated heterocycles. The molecular formula is C20H26N2O5. The van der Waals surface area contributed by atoms with Gasteiger partial charge in [-0.25, -0.2) is 4.79 Å². The summed E-state index contributed by atoms with van der Waals surface area (Å²) in [4.78, 5) is 39.8. The lowest BCUT2D eigenvalue weighted by atomic mass is 10.1. The Hall–Kier alpha value is -2.57. The van der Waals surface area contributed by atoms with Crippen molar-refractivity contribution in [2.75, 3.05) is 26.2 Å². The summed E-state index contributed by atoms with van der Waals surface area (Å²) >= 11 is 0. The van der Waals surface area contributed by atoms with Crippen LogP contribution in [0.2, 0.25) is 0 Å². The average molecular weight is 374 g/mol. The van der Waals surface area contributed by atoms with Crippen LogP contribution in [-0.4, -0.2) is 65.5 Å². The summed E-state index contributed by atoms with van der Waals surface area (Å²) < 4.78 is 10.6. The molecule has 0 N–H and O–H groups in total. The van der Waals surface area contributed by atoms with Gasteiger partial charge in [-0.1, -0.05) is 0 Å². The molecule has 27 heavy (non-hydrogen) atoms. The van der Waals surface area contributed by atoms with Gasteiger partial charge in [0.25, 0.3) is 5.91 Å². The van der Waals surface area contributed by atoms with E-state index in [2.05, 4.69) is 0 Å². The van der Waals surface area contributed by atoms with Crippen molar-refractivity contribution in [2.24, 2.45) is 0 Å². The normalized spacial score (nSPS) is 19.7. The Balaban J connectivity index is 1.53. The van der Waals surface area contributed by atoms with Crippen molar-refractivity contribution in [1.82, 2.24) is 9.80 Å². The van der Waals surface area contributed by atoms with Crippen LogP contribution < -0.4 is 4.74 Å². The second-order valence-corrected chi connectivity index (χ2v) is 7.93. The van der Waals surface area contributed by atoms with E-state index in [4.69, 9.17) is 9.47 Å². The summed E-state index contributed by atoms with van der Waals surface area (Å²) in [5.74, 6) is 0.210. The summed E-state index contributed by atoms with van der Waals surface area (Å²) in [5, 5.41) is 0. The van der Waals surface area contributed by atoms with Crippen molar-refractivity contribution in [1.29, 1.82) is 0 Å². The fraction of sp³-hybridized carbons (Fsp3) is 0.550. The first kappa shape index (κ1) is 19.2. The van der Waals surface area contributed by atoms with Crippen LogP contribution in [0.15, 0.2) is 24.3 Å². The van der Waals surface area contributed by atoms with E-state index in [9.17, 15) is 14.4 Å². The lowest BCUT2D eigenvalue weighted by Gasteiger charge is -2.37. The Morgan fingerprint density at radius 1 is 1.15 bits per heavy atom. The predicted octanol–water partition coefficient (Wildman–Crippen LogP) is 1.85. The van der Waals surface area contributed by atoms with Crippen molar-refractivity contribution in [3.8, 4) is 5.75 Å². The molecule has 0 spiro atoms. The van der Waals surface area contributed by atoms with Crippen LogP contribution in [0.4, 0.5) is 0 Å². The Morgan fingerprint density at radius 3 is 2.52 bits per heavy atom. The first-order valence-corrected chi connectivity index (χ1v) is 9.26. The van der Waals surface area contributed by atoms with Crippen LogP contribution in [0.3, 0.4) is 0 Å². The number of ether oxygens (including phenoxy) is 2. The molecule has 1 aromatic rings. The molecule has 1 unspecified atom stereocenters. The highest BCUT2D eigenvalue weighted by Crippen LogP contribution is 2.24. The first-order chi connectivity index (χ1) is 12.7. The standard InChI is InChI=1S/C20H26N2O5/c1-20(2,3)27-18(24)13-26-16-7-4-14(5-8-16)19(25)21-10-11-22-15(12-21)6-9-17(22)23/h4-5,7-8,15H,6,9-13H2,1-3H3. The van der Waals surface area contributed by atoms with Gasteiger partial charge in [0.05, 0.1) is 0 Å². The molecule has 2 amide bonds. The molecule has 146 valence electrons. The van der Waals surface area contributed by atoms with Gasteiger partial charge < -0.3 is 19.3 Å². The van der Waals surface area contributed by atoms with Crippen molar-refractivity contribution < 1.29 is 23.9 Å². The fourth-order valence-corrected chi connectivity index (χ4v) is 3.44.